The lowest BCUT2D eigenvalue weighted by Gasteiger charge is -2.20. The number of benzene rings is 1. The molecule has 0 spiro atoms. The SMILES string of the molecule is NCC(F)(F)[C@H](O)c1ccc(F)cc1. The lowest BCUT2D eigenvalue weighted by Crippen LogP contribution is -2.34. The van der Waals surface area contributed by atoms with E-state index in [1.165, 1.54) is 0 Å². The Bertz CT molecular complexity index is 299. The van der Waals surface area contributed by atoms with Gasteiger partial charge in [0.15, 0.2) is 0 Å². The predicted molar refractivity (Wildman–Crippen MR) is 45.4 cm³/mol. The van der Waals surface area contributed by atoms with Gasteiger partial charge in [0, 0.05) is 0 Å². The summed E-state index contributed by atoms with van der Waals surface area (Å²) in [6, 6.07) is 4.21. The molecule has 1 atom stereocenters. The van der Waals surface area contributed by atoms with E-state index in [0.717, 1.165) is 24.3 Å². The number of hydrogen-bond donors (Lipinski definition) is 2. The van der Waals surface area contributed by atoms with Gasteiger partial charge in [0.1, 0.15) is 11.9 Å². The van der Waals surface area contributed by atoms with E-state index in [0.29, 0.717) is 0 Å². The zero-order chi connectivity index (χ0) is 10.8. The number of rotatable bonds is 3. The molecule has 0 aromatic heterocycles. The number of hydrogen-bond acceptors (Lipinski definition) is 2. The molecule has 14 heavy (non-hydrogen) atoms. The lowest BCUT2D eigenvalue weighted by molar-refractivity contribution is -0.102. The van der Waals surface area contributed by atoms with Gasteiger partial charge in [-0.2, -0.15) is 0 Å². The second-order valence-corrected chi connectivity index (χ2v) is 2.92. The number of nitrogens with two attached hydrogens (primary N) is 1. The van der Waals surface area contributed by atoms with Gasteiger partial charge in [-0.25, -0.2) is 13.2 Å². The second kappa shape index (κ2) is 3.98. The first-order valence-corrected chi connectivity index (χ1v) is 3.99. The monoisotopic (exact) mass is 205 g/mol. The van der Waals surface area contributed by atoms with E-state index in [9.17, 15) is 18.3 Å². The highest BCUT2D eigenvalue weighted by molar-refractivity contribution is 5.20. The number of alkyl halides is 2. The minimum absolute atomic E-state index is 0.0538. The average molecular weight is 205 g/mol. The van der Waals surface area contributed by atoms with Crippen LogP contribution in [0.4, 0.5) is 13.2 Å². The molecule has 0 heterocycles. The molecule has 0 aliphatic carbocycles. The Labute approximate surface area is 79.2 Å². The first-order chi connectivity index (χ1) is 6.47. The van der Waals surface area contributed by atoms with E-state index in [1.54, 1.807) is 0 Å². The van der Waals surface area contributed by atoms with Crippen LogP contribution in [0.5, 0.6) is 0 Å². The number of aliphatic hydroxyl groups excluding tert-OH is 1. The van der Waals surface area contributed by atoms with Crippen molar-refractivity contribution in [1.82, 2.24) is 0 Å². The molecule has 0 saturated carbocycles. The molecule has 78 valence electrons. The topological polar surface area (TPSA) is 46.2 Å². The quantitative estimate of drug-likeness (QED) is 0.784. The highest BCUT2D eigenvalue weighted by atomic mass is 19.3. The van der Waals surface area contributed by atoms with Gasteiger partial charge in [0.25, 0.3) is 5.92 Å². The van der Waals surface area contributed by atoms with E-state index in [1.807, 2.05) is 0 Å². The van der Waals surface area contributed by atoms with Crippen LogP contribution in [0.1, 0.15) is 11.7 Å². The van der Waals surface area contributed by atoms with Crippen LogP contribution in [0.25, 0.3) is 0 Å². The molecule has 0 aliphatic heterocycles. The van der Waals surface area contributed by atoms with Gasteiger partial charge in [-0.3, -0.25) is 0 Å². The number of halogens is 3. The van der Waals surface area contributed by atoms with Gasteiger partial charge >= 0.3 is 0 Å². The molecule has 0 saturated heterocycles. The molecule has 2 nitrogen and oxygen atoms in total. The molecule has 0 radical (unpaired) electrons. The Morgan fingerprint density at radius 1 is 1.29 bits per heavy atom. The van der Waals surface area contributed by atoms with Crippen molar-refractivity contribution in [3.8, 4) is 0 Å². The fourth-order valence-corrected chi connectivity index (χ4v) is 1.00. The second-order valence-electron chi connectivity index (χ2n) is 2.92. The third-order valence-electron chi connectivity index (χ3n) is 1.86. The summed E-state index contributed by atoms with van der Waals surface area (Å²) in [5.41, 5.74) is 4.74. The fourth-order valence-electron chi connectivity index (χ4n) is 1.00. The first kappa shape index (κ1) is 11.0. The Kier molecular flexibility index (Phi) is 3.13. The van der Waals surface area contributed by atoms with Crippen LogP contribution in [0.2, 0.25) is 0 Å². The molecule has 0 fully saturated rings. The average Bonchev–Trinajstić information content (AvgIpc) is 2.18. The zero-order valence-electron chi connectivity index (χ0n) is 7.25. The Hall–Kier alpha value is -1.07. The van der Waals surface area contributed by atoms with Crippen molar-refractivity contribution in [2.75, 3.05) is 6.54 Å². The van der Waals surface area contributed by atoms with Gasteiger partial charge in [-0.15, -0.1) is 0 Å². The fraction of sp³-hybridized carbons (Fsp3) is 0.333. The normalized spacial score (nSPS) is 14.1. The van der Waals surface area contributed by atoms with Crippen molar-refractivity contribution in [3.63, 3.8) is 0 Å². The van der Waals surface area contributed by atoms with Gasteiger partial charge in [-0.05, 0) is 17.7 Å². The summed E-state index contributed by atoms with van der Waals surface area (Å²) in [6.45, 7) is -0.953. The summed E-state index contributed by atoms with van der Waals surface area (Å²) >= 11 is 0. The lowest BCUT2D eigenvalue weighted by atomic mass is 10.0. The molecule has 1 aromatic carbocycles. The van der Waals surface area contributed by atoms with E-state index in [2.05, 4.69) is 0 Å². The van der Waals surface area contributed by atoms with E-state index < -0.39 is 24.4 Å². The van der Waals surface area contributed by atoms with Crippen LogP contribution in [0.15, 0.2) is 24.3 Å². The van der Waals surface area contributed by atoms with Crippen LogP contribution in [0.3, 0.4) is 0 Å². The molecule has 1 aromatic rings. The van der Waals surface area contributed by atoms with Crippen molar-refractivity contribution in [1.29, 1.82) is 0 Å². The van der Waals surface area contributed by atoms with Gasteiger partial charge in [0.2, 0.25) is 0 Å². The van der Waals surface area contributed by atoms with Gasteiger partial charge < -0.3 is 10.8 Å². The third kappa shape index (κ3) is 2.24. The molecule has 1 rings (SSSR count). The minimum atomic E-state index is -3.39. The summed E-state index contributed by atoms with van der Waals surface area (Å²) in [6.07, 6.45) is -1.99. The van der Waals surface area contributed by atoms with E-state index in [4.69, 9.17) is 5.73 Å². The van der Waals surface area contributed by atoms with Crippen molar-refractivity contribution in [2.45, 2.75) is 12.0 Å². The molecule has 0 unspecified atom stereocenters. The summed E-state index contributed by atoms with van der Waals surface area (Å²) in [7, 11) is 0. The summed E-state index contributed by atoms with van der Waals surface area (Å²) < 4.78 is 38.2. The van der Waals surface area contributed by atoms with E-state index in [-0.39, 0.29) is 5.56 Å². The minimum Gasteiger partial charge on any atom is -0.382 e. The standard InChI is InChI=1S/C9H10F3NO/c10-7-3-1-6(2-4-7)8(14)9(11,12)5-13/h1-4,8,14H,5,13H2/t8-/m1/s1. The maximum Gasteiger partial charge on any atom is 0.289 e. The number of aliphatic hydroxyl groups is 1. The summed E-state index contributed by atoms with van der Waals surface area (Å²) in [5, 5.41) is 9.19. The van der Waals surface area contributed by atoms with Crippen LogP contribution >= 0.6 is 0 Å². The molecular formula is C9H10F3NO. The summed E-state index contributed by atoms with van der Waals surface area (Å²) in [5.74, 6) is -3.94. The molecule has 0 bridgehead atoms. The Balaban J connectivity index is 2.89. The van der Waals surface area contributed by atoms with Gasteiger partial charge in [-0.1, -0.05) is 12.1 Å². The van der Waals surface area contributed by atoms with Gasteiger partial charge in [0.05, 0.1) is 6.54 Å². The highest BCUT2D eigenvalue weighted by Gasteiger charge is 2.37. The Morgan fingerprint density at radius 3 is 2.21 bits per heavy atom. The molecule has 0 aliphatic rings. The van der Waals surface area contributed by atoms with Crippen LogP contribution in [-0.4, -0.2) is 17.6 Å². The molecule has 5 heteroatoms. The molecular weight excluding hydrogens is 195 g/mol. The van der Waals surface area contributed by atoms with Crippen molar-refractivity contribution >= 4 is 0 Å². The maximum absolute atomic E-state index is 12.9. The summed E-state index contributed by atoms with van der Waals surface area (Å²) in [4.78, 5) is 0. The molecule has 3 N–H and O–H groups in total. The van der Waals surface area contributed by atoms with E-state index >= 15 is 0 Å². The Morgan fingerprint density at radius 2 is 1.79 bits per heavy atom. The van der Waals surface area contributed by atoms with Crippen molar-refractivity contribution in [3.05, 3.63) is 35.6 Å². The van der Waals surface area contributed by atoms with Crippen LogP contribution in [0, 0.1) is 5.82 Å². The first-order valence-electron chi connectivity index (χ1n) is 3.99. The zero-order valence-corrected chi connectivity index (χ0v) is 7.25. The molecule has 0 amide bonds. The highest BCUT2D eigenvalue weighted by Crippen LogP contribution is 2.30. The van der Waals surface area contributed by atoms with Crippen molar-refractivity contribution < 1.29 is 18.3 Å². The largest absolute Gasteiger partial charge is 0.382 e. The van der Waals surface area contributed by atoms with Crippen LogP contribution in [-0.2, 0) is 0 Å². The predicted octanol–water partition coefficient (Wildman–Crippen LogP) is 1.45. The van der Waals surface area contributed by atoms with Crippen LogP contribution < -0.4 is 5.73 Å². The third-order valence-corrected chi connectivity index (χ3v) is 1.86. The van der Waals surface area contributed by atoms with Crippen molar-refractivity contribution in [2.24, 2.45) is 5.73 Å². The smallest absolute Gasteiger partial charge is 0.289 e. The maximum atomic E-state index is 12.9.